The molecule has 4 nitrogen and oxygen atoms in total. The van der Waals surface area contributed by atoms with Crippen LogP contribution in [0.5, 0.6) is 0 Å². The maximum absolute atomic E-state index is 8.48. The maximum Gasteiger partial charge on any atom is 0.0748 e. The van der Waals surface area contributed by atoms with Gasteiger partial charge in [0.1, 0.15) is 0 Å². The molecule has 13 heavy (non-hydrogen) atoms. The van der Waals surface area contributed by atoms with E-state index in [4.69, 9.17) is 15.6 Å². The predicted molar refractivity (Wildman–Crippen MR) is 53.7 cm³/mol. The molecule has 0 saturated heterocycles. The van der Waals surface area contributed by atoms with Crippen LogP contribution in [-0.2, 0) is 4.74 Å². The van der Waals surface area contributed by atoms with Gasteiger partial charge in [-0.1, -0.05) is 0 Å². The Hall–Kier alpha value is -0.160. The molecule has 0 fully saturated rings. The molecular formula is C9H22N2O2. The lowest BCUT2D eigenvalue weighted by atomic mass is 10.1. The van der Waals surface area contributed by atoms with Crippen LogP contribution in [0.25, 0.3) is 0 Å². The van der Waals surface area contributed by atoms with Crippen LogP contribution in [0.4, 0.5) is 0 Å². The summed E-state index contributed by atoms with van der Waals surface area (Å²) in [6.07, 6.45) is 0.948. The van der Waals surface area contributed by atoms with Gasteiger partial charge in [-0.15, -0.1) is 0 Å². The highest BCUT2D eigenvalue weighted by atomic mass is 16.5. The Morgan fingerprint density at radius 1 is 1.38 bits per heavy atom. The van der Waals surface area contributed by atoms with Crippen LogP contribution in [0.2, 0.25) is 0 Å². The molecule has 0 spiro atoms. The van der Waals surface area contributed by atoms with E-state index in [0.717, 1.165) is 13.0 Å². The molecule has 80 valence electrons. The van der Waals surface area contributed by atoms with E-state index < -0.39 is 0 Å². The van der Waals surface area contributed by atoms with Crippen molar-refractivity contribution in [3.8, 4) is 0 Å². The zero-order valence-corrected chi connectivity index (χ0v) is 8.68. The summed E-state index contributed by atoms with van der Waals surface area (Å²) in [4.78, 5) is 0. The summed E-state index contributed by atoms with van der Waals surface area (Å²) in [6, 6.07) is 0. The summed E-state index contributed by atoms with van der Waals surface area (Å²) in [5.74, 6) is 0. The third-order valence-corrected chi connectivity index (χ3v) is 1.77. The van der Waals surface area contributed by atoms with E-state index in [1.54, 1.807) is 0 Å². The molecule has 0 aliphatic rings. The molecule has 0 aromatic rings. The van der Waals surface area contributed by atoms with Gasteiger partial charge in [-0.05, 0) is 26.8 Å². The van der Waals surface area contributed by atoms with Gasteiger partial charge < -0.3 is 20.9 Å². The van der Waals surface area contributed by atoms with Crippen molar-refractivity contribution >= 4 is 0 Å². The minimum absolute atomic E-state index is 0.190. The second-order valence-corrected chi connectivity index (χ2v) is 3.64. The van der Waals surface area contributed by atoms with Crippen LogP contribution < -0.4 is 11.1 Å². The van der Waals surface area contributed by atoms with E-state index in [0.29, 0.717) is 19.7 Å². The molecule has 0 amide bonds. The Balaban J connectivity index is 3.16. The van der Waals surface area contributed by atoms with Gasteiger partial charge in [-0.2, -0.15) is 0 Å². The highest BCUT2D eigenvalue weighted by molar-refractivity contribution is 4.68. The average molecular weight is 190 g/mol. The molecule has 0 heterocycles. The first kappa shape index (κ1) is 12.8. The van der Waals surface area contributed by atoms with Gasteiger partial charge in [0, 0.05) is 19.7 Å². The second-order valence-electron chi connectivity index (χ2n) is 3.64. The van der Waals surface area contributed by atoms with Gasteiger partial charge in [-0.25, -0.2) is 0 Å². The lowest BCUT2D eigenvalue weighted by Gasteiger charge is -2.23. The average Bonchev–Trinajstić information content (AvgIpc) is 2.11. The Labute approximate surface area is 80.5 Å². The van der Waals surface area contributed by atoms with Crippen LogP contribution in [0.1, 0.15) is 20.3 Å². The van der Waals surface area contributed by atoms with Gasteiger partial charge in [-0.3, -0.25) is 0 Å². The fraction of sp³-hybridized carbons (Fsp3) is 1.00. The summed E-state index contributed by atoms with van der Waals surface area (Å²) in [7, 11) is 0. The number of rotatable bonds is 8. The quantitative estimate of drug-likeness (QED) is 0.460. The molecule has 0 radical (unpaired) electrons. The Morgan fingerprint density at radius 2 is 2.08 bits per heavy atom. The molecule has 0 saturated carbocycles. The van der Waals surface area contributed by atoms with Crippen LogP contribution in [-0.4, -0.2) is 43.6 Å². The van der Waals surface area contributed by atoms with Crippen LogP contribution in [0, 0.1) is 0 Å². The van der Waals surface area contributed by atoms with Crippen LogP contribution in [0.3, 0.4) is 0 Å². The molecule has 4 N–H and O–H groups in total. The highest BCUT2D eigenvalue weighted by Gasteiger charge is 2.14. The second kappa shape index (κ2) is 7.26. The molecule has 0 aliphatic carbocycles. The lowest BCUT2D eigenvalue weighted by Crippen LogP contribution is -2.34. The fourth-order valence-electron chi connectivity index (χ4n) is 0.809. The Bertz CT molecular complexity index is 118. The molecule has 0 aliphatic heterocycles. The minimum atomic E-state index is -0.211. The normalized spacial score (nSPS) is 12.0. The molecule has 0 unspecified atom stereocenters. The van der Waals surface area contributed by atoms with Crippen molar-refractivity contribution in [1.82, 2.24) is 5.32 Å². The monoisotopic (exact) mass is 190 g/mol. The smallest absolute Gasteiger partial charge is 0.0748 e. The van der Waals surface area contributed by atoms with E-state index in [2.05, 4.69) is 5.32 Å². The van der Waals surface area contributed by atoms with Crippen molar-refractivity contribution in [1.29, 1.82) is 0 Å². The zero-order valence-electron chi connectivity index (χ0n) is 8.68. The van der Waals surface area contributed by atoms with E-state index in [1.165, 1.54) is 0 Å². The number of ether oxygens (including phenoxy) is 1. The number of aliphatic hydroxyl groups excluding tert-OH is 1. The first-order chi connectivity index (χ1) is 6.12. The van der Waals surface area contributed by atoms with Crippen molar-refractivity contribution in [2.45, 2.75) is 25.9 Å². The standard InChI is InChI=1S/C9H22N2O2/c1-9(2,8-10)13-7-3-4-11-5-6-12/h11-12H,3-8,10H2,1-2H3. The maximum atomic E-state index is 8.48. The number of nitrogens with two attached hydrogens (primary N) is 1. The van der Waals surface area contributed by atoms with Crippen molar-refractivity contribution in [2.75, 3.05) is 32.8 Å². The molecule has 0 aromatic carbocycles. The van der Waals surface area contributed by atoms with E-state index in [9.17, 15) is 0 Å². The number of nitrogens with one attached hydrogen (secondary N) is 1. The molecule has 0 rings (SSSR count). The topological polar surface area (TPSA) is 67.5 Å². The third kappa shape index (κ3) is 8.18. The van der Waals surface area contributed by atoms with Gasteiger partial charge >= 0.3 is 0 Å². The molecular weight excluding hydrogens is 168 g/mol. The molecule has 4 heteroatoms. The van der Waals surface area contributed by atoms with Gasteiger partial charge in [0.05, 0.1) is 12.2 Å². The fourth-order valence-corrected chi connectivity index (χ4v) is 0.809. The first-order valence-electron chi connectivity index (χ1n) is 4.78. The van der Waals surface area contributed by atoms with Crippen molar-refractivity contribution in [3.63, 3.8) is 0 Å². The van der Waals surface area contributed by atoms with E-state index in [1.807, 2.05) is 13.8 Å². The van der Waals surface area contributed by atoms with Gasteiger partial charge in [0.25, 0.3) is 0 Å². The van der Waals surface area contributed by atoms with E-state index in [-0.39, 0.29) is 12.2 Å². The Morgan fingerprint density at radius 3 is 2.62 bits per heavy atom. The summed E-state index contributed by atoms with van der Waals surface area (Å²) < 4.78 is 5.53. The number of hydrogen-bond donors (Lipinski definition) is 3. The molecule has 0 bridgehead atoms. The molecule has 0 aromatic heterocycles. The molecule has 0 atom stereocenters. The summed E-state index contributed by atoms with van der Waals surface area (Å²) in [5, 5.41) is 11.6. The summed E-state index contributed by atoms with van der Waals surface area (Å²) >= 11 is 0. The summed E-state index contributed by atoms with van der Waals surface area (Å²) in [6.45, 7) is 6.93. The minimum Gasteiger partial charge on any atom is -0.395 e. The largest absolute Gasteiger partial charge is 0.395 e. The van der Waals surface area contributed by atoms with Gasteiger partial charge in [0.15, 0.2) is 0 Å². The van der Waals surface area contributed by atoms with Crippen LogP contribution in [0.15, 0.2) is 0 Å². The van der Waals surface area contributed by atoms with Gasteiger partial charge in [0.2, 0.25) is 0 Å². The predicted octanol–water partition coefficient (Wildman–Crippen LogP) is -0.288. The van der Waals surface area contributed by atoms with Crippen molar-refractivity contribution < 1.29 is 9.84 Å². The lowest BCUT2D eigenvalue weighted by molar-refractivity contribution is -0.0112. The number of hydrogen-bond acceptors (Lipinski definition) is 4. The zero-order chi connectivity index (χ0) is 10.2. The third-order valence-electron chi connectivity index (χ3n) is 1.77. The Kier molecular flexibility index (Phi) is 7.17. The van der Waals surface area contributed by atoms with Crippen molar-refractivity contribution in [3.05, 3.63) is 0 Å². The highest BCUT2D eigenvalue weighted by Crippen LogP contribution is 2.05. The van der Waals surface area contributed by atoms with Crippen LogP contribution >= 0.6 is 0 Å². The summed E-state index contributed by atoms with van der Waals surface area (Å²) in [5.41, 5.74) is 5.28. The van der Waals surface area contributed by atoms with E-state index >= 15 is 0 Å². The first-order valence-corrected chi connectivity index (χ1v) is 4.78. The SMILES string of the molecule is CC(C)(CN)OCCCNCCO. The van der Waals surface area contributed by atoms with Crippen molar-refractivity contribution in [2.24, 2.45) is 5.73 Å². The number of aliphatic hydroxyl groups is 1.